The highest BCUT2D eigenvalue weighted by Crippen LogP contribution is 2.34. The van der Waals surface area contributed by atoms with E-state index in [0.29, 0.717) is 51.7 Å². The van der Waals surface area contributed by atoms with Crippen molar-refractivity contribution in [3.05, 3.63) is 62.1 Å². The largest absolute Gasteiger partial charge is 0.454 e. The van der Waals surface area contributed by atoms with E-state index in [-0.39, 0.29) is 24.7 Å². The van der Waals surface area contributed by atoms with Gasteiger partial charge in [-0.05, 0) is 36.3 Å². The zero-order chi connectivity index (χ0) is 20.4. The van der Waals surface area contributed by atoms with Crippen molar-refractivity contribution in [3.63, 3.8) is 0 Å². The van der Waals surface area contributed by atoms with Gasteiger partial charge in [-0.15, -0.1) is 0 Å². The molecule has 1 aliphatic rings. The molecular weight excluding hydrogens is 414 g/mol. The fourth-order valence-electron chi connectivity index (χ4n) is 3.17. The number of nitrogens with zero attached hydrogens (tertiary/aromatic N) is 1. The molecule has 0 atom stereocenters. The summed E-state index contributed by atoms with van der Waals surface area (Å²) in [6.07, 6.45) is 0.743. The molecule has 2 N–H and O–H groups in total. The maximum absolute atomic E-state index is 12.8. The van der Waals surface area contributed by atoms with Gasteiger partial charge in [-0.25, -0.2) is 0 Å². The van der Waals surface area contributed by atoms with Crippen molar-refractivity contribution < 1.29 is 14.3 Å². The van der Waals surface area contributed by atoms with Crippen LogP contribution in [0.1, 0.15) is 18.4 Å². The van der Waals surface area contributed by atoms with Gasteiger partial charge in [0.2, 0.25) is 12.7 Å². The van der Waals surface area contributed by atoms with Gasteiger partial charge in [0.1, 0.15) is 0 Å². The number of H-pyrrole nitrogens is 1. The Balaban J connectivity index is 1.41. The highest BCUT2D eigenvalue weighted by molar-refractivity contribution is 7.71. The Kier molecular flexibility index (Phi) is 5.55. The molecule has 7 nitrogen and oxygen atoms in total. The summed E-state index contributed by atoms with van der Waals surface area (Å²) in [7, 11) is 0. The van der Waals surface area contributed by atoms with Crippen LogP contribution in [0.4, 0.5) is 0 Å². The summed E-state index contributed by atoms with van der Waals surface area (Å²) >= 11 is 11.4. The van der Waals surface area contributed by atoms with Crippen LogP contribution >= 0.6 is 23.8 Å². The van der Waals surface area contributed by atoms with Crippen molar-refractivity contribution >= 4 is 40.6 Å². The van der Waals surface area contributed by atoms with Gasteiger partial charge < -0.3 is 19.8 Å². The van der Waals surface area contributed by atoms with E-state index in [1.807, 2.05) is 18.2 Å². The minimum atomic E-state index is -0.224. The fourth-order valence-corrected chi connectivity index (χ4v) is 3.65. The molecule has 0 unspecified atom stereocenters. The van der Waals surface area contributed by atoms with Crippen LogP contribution in [0, 0.1) is 4.77 Å². The number of nitrogens with one attached hydrogen (secondary N) is 2. The highest BCUT2D eigenvalue weighted by atomic mass is 35.5. The van der Waals surface area contributed by atoms with Crippen LogP contribution in [0.25, 0.3) is 10.9 Å². The number of fused-ring (bicyclic) bond motifs is 2. The van der Waals surface area contributed by atoms with E-state index < -0.39 is 0 Å². The van der Waals surface area contributed by atoms with E-state index in [0.717, 1.165) is 5.56 Å². The molecule has 4 rings (SSSR count). The fraction of sp³-hybridized carbons (Fsp3) is 0.250. The number of aromatic amines is 1. The second-order valence-corrected chi connectivity index (χ2v) is 7.40. The zero-order valence-electron chi connectivity index (χ0n) is 15.4. The molecular formula is C20H18ClN3O4S. The average Bonchev–Trinajstić information content (AvgIpc) is 3.16. The SMILES string of the molecule is O=C(CCCn1c(=S)[nH]c2cc3c(cc2c1=O)OCO3)NCc1ccccc1Cl. The number of carbonyl (C=O) groups excluding carboxylic acids is 1. The lowest BCUT2D eigenvalue weighted by atomic mass is 10.2. The van der Waals surface area contributed by atoms with E-state index in [9.17, 15) is 9.59 Å². The molecule has 0 fully saturated rings. The van der Waals surface area contributed by atoms with Crippen LogP contribution in [0.5, 0.6) is 11.5 Å². The molecule has 0 spiro atoms. The van der Waals surface area contributed by atoms with Crippen molar-refractivity contribution in [2.24, 2.45) is 0 Å². The molecule has 150 valence electrons. The normalized spacial score (nSPS) is 12.3. The lowest BCUT2D eigenvalue weighted by molar-refractivity contribution is -0.121. The van der Waals surface area contributed by atoms with Gasteiger partial charge in [-0.2, -0.15) is 0 Å². The summed E-state index contributed by atoms with van der Waals surface area (Å²) in [5, 5.41) is 3.92. The first-order chi connectivity index (χ1) is 14.0. The maximum Gasteiger partial charge on any atom is 0.262 e. The summed E-state index contributed by atoms with van der Waals surface area (Å²) < 4.78 is 12.4. The van der Waals surface area contributed by atoms with E-state index in [4.69, 9.17) is 33.3 Å². The average molecular weight is 432 g/mol. The summed E-state index contributed by atoms with van der Waals surface area (Å²) in [6.45, 7) is 0.823. The van der Waals surface area contributed by atoms with Gasteiger partial charge in [-0.3, -0.25) is 14.2 Å². The topological polar surface area (TPSA) is 85.4 Å². The smallest absolute Gasteiger partial charge is 0.262 e. The molecule has 0 bridgehead atoms. The number of ether oxygens (including phenoxy) is 2. The third-order valence-corrected chi connectivity index (χ3v) is 5.39. The Labute approximate surface area is 176 Å². The maximum atomic E-state index is 12.8. The van der Waals surface area contributed by atoms with Crippen LogP contribution in [-0.2, 0) is 17.9 Å². The Morgan fingerprint density at radius 2 is 2.00 bits per heavy atom. The Morgan fingerprint density at radius 3 is 2.79 bits per heavy atom. The third-order valence-electron chi connectivity index (χ3n) is 4.69. The molecule has 0 saturated heterocycles. The lowest BCUT2D eigenvalue weighted by Gasteiger charge is -2.10. The third kappa shape index (κ3) is 4.13. The predicted octanol–water partition coefficient (Wildman–Crippen LogP) is 3.54. The second kappa shape index (κ2) is 8.26. The number of benzene rings is 2. The molecule has 0 aliphatic carbocycles. The van der Waals surface area contributed by atoms with E-state index in [2.05, 4.69) is 10.3 Å². The summed E-state index contributed by atoms with van der Waals surface area (Å²) in [5.41, 5.74) is 1.23. The first-order valence-electron chi connectivity index (χ1n) is 9.09. The number of hydrogen-bond acceptors (Lipinski definition) is 5. The summed E-state index contributed by atoms with van der Waals surface area (Å²) in [4.78, 5) is 28.0. The first-order valence-corrected chi connectivity index (χ1v) is 9.88. The molecule has 9 heteroatoms. The Bertz CT molecular complexity index is 1200. The molecule has 29 heavy (non-hydrogen) atoms. The molecule has 1 aliphatic heterocycles. The van der Waals surface area contributed by atoms with Crippen LogP contribution in [0.2, 0.25) is 5.02 Å². The second-order valence-electron chi connectivity index (χ2n) is 6.61. The highest BCUT2D eigenvalue weighted by Gasteiger charge is 2.17. The summed E-state index contributed by atoms with van der Waals surface area (Å²) in [5.74, 6) is 0.998. The van der Waals surface area contributed by atoms with Crippen LogP contribution < -0.4 is 20.3 Å². The van der Waals surface area contributed by atoms with Gasteiger partial charge in [0, 0.05) is 30.6 Å². The first kappa shape index (κ1) is 19.5. The Hall–Kier alpha value is -2.84. The van der Waals surface area contributed by atoms with Gasteiger partial charge in [-0.1, -0.05) is 29.8 Å². The molecule has 3 aromatic rings. The van der Waals surface area contributed by atoms with E-state index >= 15 is 0 Å². The van der Waals surface area contributed by atoms with Gasteiger partial charge in [0.25, 0.3) is 5.56 Å². The number of carbonyl (C=O) groups is 1. The van der Waals surface area contributed by atoms with Crippen LogP contribution in [0.3, 0.4) is 0 Å². The van der Waals surface area contributed by atoms with Crippen molar-refractivity contribution in [1.82, 2.24) is 14.9 Å². The van der Waals surface area contributed by atoms with E-state index in [1.165, 1.54) is 4.57 Å². The zero-order valence-corrected chi connectivity index (χ0v) is 16.9. The predicted molar refractivity (Wildman–Crippen MR) is 112 cm³/mol. The van der Waals surface area contributed by atoms with Crippen molar-refractivity contribution in [3.8, 4) is 11.5 Å². The molecule has 1 amide bonds. The summed E-state index contributed by atoms with van der Waals surface area (Å²) in [6, 6.07) is 10.7. The van der Waals surface area contributed by atoms with Gasteiger partial charge >= 0.3 is 0 Å². The molecule has 0 saturated carbocycles. The number of aromatic nitrogens is 2. The standard InChI is InChI=1S/C20H18ClN3O4S/c21-14-5-2-1-4-12(14)10-22-18(25)6-3-7-24-19(26)13-8-16-17(28-11-27-16)9-15(13)23-20(24)29/h1-2,4-5,8-9H,3,6-7,10-11H2,(H,22,25)(H,23,29). The Morgan fingerprint density at radius 1 is 1.24 bits per heavy atom. The number of hydrogen-bond donors (Lipinski definition) is 2. The quantitative estimate of drug-likeness (QED) is 0.583. The van der Waals surface area contributed by atoms with E-state index in [1.54, 1.807) is 18.2 Å². The van der Waals surface area contributed by atoms with Crippen molar-refractivity contribution in [2.45, 2.75) is 25.9 Å². The minimum Gasteiger partial charge on any atom is -0.454 e. The van der Waals surface area contributed by atoms with Crippen LogP contribution in [-0.4, -0.2) is 22.3 Å². The van der Waals surface area contributed by atoms with Crippen LogP contribution in [0.15, 0.2) is 41.2 Å². The van der Waals surface area contributed by atoms with Gasteiger partial charge in [0.15, 0.2) is 16.3 Å². The number of amides is 1. The van der Waals surface area contributed by atoms with Crippen molar-refractivity contribution in [1.29, 1.82) is 0 Å². The van der Waals surface area contributed by atoms with Gasteiger partial charge in [0.05, 0.1) is 10.9 Å². The molecule has 2 aromatic carbocycles. The monoisotopic (exact) mass is 431 g/mol. The lowest BCUT2D eigenvalue weighted by Crippen LogP contribution is -2.25. The van der Waals surface area contributed by atoms with Crippen molar-refractivity contribution in [2.75, 3.05) is 6.79 Å². The number of halogens is 1. The minimum absolute atomic E-state index is 0.114. The molecule has 0 radical (unpaired) electrons. The molecule has 2 heterocycles. The number of rotatable bonds is 6. The molecule has 1 aromatic heterocycles.